The average molecular weight is 465 g/mol. The van der Waals surface area contributed by atoms with Gasteiger partial charge >= 0.3 is 5.97 Å². The van der Waals surface area contributed by atoms with E-state index in [9.17, 15) is 18.0 Å². The number of amides is 1. The van der Waals surface area contributed by atoms with E-state index in [0.717, 1.165) is 18.4 Å². The molecule has 170 valence electrons. The zero-order valence-corrected chi connectivity index (χ0v) is 19.0. The highest BCUT2D eigenvalue weighted by molar-refractivity contribution is 7.92. The second-order valence-electron chi connectivity index (χ2n) is 7.70. The molecule has 0 spiro atoms. The maximum Gasteiger partial charge on any atom is 0.338 e. The third kappa shape index (κ3) is 4.75. The molecule has 8 heteroatoms. The number of hydrogen-bond acceptors (Lipinski definition) is 5. The van der Waals surface area contributed by atoms with Gasteiger partial charge in [0.2, 0.25) is 0 Å². The number of nitrogens with zero attached hydrogens (tertiary/aromatic N) is 2. The summed E-state index contributed by atoms with van der Waals surface area (Å²) < 4.78 is 33.0. The van der Waals surface area contributed by atoms with Crippen LogP contribution in [0.1, 0.15) is 22.3 Å². The fourth-order valence-corrected chi connectivity index (χ4v) is 5.28. The number of benzene rings is 3. The van der Waals surface area contributed by atoms with E-state index in [1.807, 2.05) is 36.4 Å². The Labute approximate surface area is 193 Å². The van der Waals surface area contributed by atoms with Crippen LogP contribution >= 0.6 is 0 Å². The van der Waals surface area contributed by atoms with Gasteiger partial charge in [-0.25, -0.2) is 13.2 Å². The molecule has 4 rings (SSSR count). The van der Waals surface area contributed by atoms with Crippen LogP contribution in [0.25, 0.3) is 0 Å². The molecule has 0 bridgehead atoms. The molecule has 0 aliphatic carbocycles. The smallest absolute Gasteiger partial charge is 0.338 e. The van der Waals surface area contributed by atoms with Gasteiger partial charge in [0.15, 0.2) is 6.61 Å². The number of fused-ring (bicyclic) bond motifs is 1. The SMILES string of the molecule is CN(C(=O)COC(=O)c1ccc(S(=O)(=O)N2CCCc3ccccc32)cc1)c1ccccc1. The van der Waals surface area contributed by atoms with Crippen molar-refractivity contribution < 1.29 is 22.7 Å². The molecule has 0 radical (unpaired) electrons. The summed E-state index contributed by atoms with van der Waals surface area (Å²) in [6, 6.07) is 22.1. The average Bonchev–Trinajstić information content (AvgIpc) is 2.86. The third-order valence-corrected chi connectivity index (χ3v) is 7.42. The minimum atomic E-state index is -3.77. The van der Waals surface area contributed by atoms with Crippen molar-refractivity contribution in [1.82, 2.24) is 0 Å². The molecule has 0 aromatic heterocycles. The number of hydrogen-bond donors (Lipinski definition) is 0. The summed E-state index contributed by atoms with van der Waals surface area (Å²) in [6.45, 7) is -0.0188. The van der Waals surface area contributed by atoms with Crippen molar-refractivity contribution >= 4 is 33.3 Å². The molecule has 0 atom stereocenters. The molecule has 7 nitrogen and oxygen atoms in total. The minimum absolute atomic E-state index is 0.0932. The Morgan fingerprint density at radius 1 is 0.939 bits per heavy atom. The lowest BCUT2D eigenvalue weighted by Crippen LogP contribution is -2.35. The first-order chi connectivity index (χ1) is 15.9. The van der Waals surface area contributed by atoms with Gasteiger partial charge in [-0.2, -0.15) is 0 Å². The van der Waals surface area contributed by atoms with E-state index < -0.39 is 22.6 Å². The van der Waals surface area contributed by atoms with Crippen molar-refractivity contribution in [2.45, 2.75) is 17.7 Å². The van der Waals surface area contributed by atoms with Gasteiger partial charge in [-0.1, -0.05) is 36.4 Å². The molecule has 1 amide bonds. The Morgan fingerprint density at radius 3 is 2.33 bits per heavy atom. The molecule has 0 unspecified atom stereocenters. The number of aryl methyl sites for hydroxylation is 1. The summed E-state index contributed by atoms with van der Waals surface area (Å²) in [5, 5.41) is 0. The van der Waals surface area contributed by atoms with Gasteiger partial charge in [-0.05, 0) is 60.9 Å². The molecule has 1 aliphatic rings. The lowest BCUT2D eigenvalue weighted by molar-refractivity contribution is -0.121. The van der Waals surface area contributed by atoms with Gasteiger partial charge in [0.05, 0.1) is 16.1 Å². The summed E-state index contributed by atoms with van der Waals surface area (Å²) in [6.07, 6.45) is 1.58. The number of sulfonamides is 1. The predicted octanol–water partition coefficient (Wildman–Crippen LogP) is 3.65. The van der Waals surface area contributed by atoms with Crippen LogP contribution in [0.4, 0.5) is 11.4 Å². The number of rotatable bonds is 6. The van der Waals surface area contributed by atoms with E-state index in [-0.39, 0.29) is 16.4 Å². The summed E-state index contributed by atoms with van der Waals surface area (Å²) >= 11 is 0. The minimum Gasteiger partial charge on any atom is -0.452 e. The van der Waals surface area contributed by atoms with Gasteiger partial charge in [0, 0.05) is 19.3 Å². The number of ether oxygens (including phenoxy) is 1. The normalized spacial score (nSPS) is 13.2. The lowest BCUT2D eigenvalue weighted by atomic mass is 10.0. The van der Waals surface area contributed by atoms with Crippen LogP contribution in [0.5, 0.6) is 0 Å². The Hall–Kier alpha value is -3.65. The standard InChI is InChI=1S/C25H24N2O5S/c1-26(21-10-3-2-4-11-21)24(28)18-32-25(29)20-13-15-22(16-14-20)33(30,31)27-17-7-9-19-8-5-6-12-23(19)27/h2-6,8,10-16H,7,9,17-18H2,1H3. The number of likely N-dealkylation sites (N-methyl/N-ethyl adjacent to an activating group) is 1. The number of para-hydroxylation sites is 2. The van der Waals surface area contributed by atoms with Gasteiger partial charge in [-0.3, -0.25) is 9.10 Å². The molecule has 33 heavy (non-hydrogen) atoms. The highest BCUT2D eigenvalue weighted by Gasteiger charge is 2.29. The first-order valence-corrected chi connectivity index (χ1v) is 12.0. The Morgan fingerprint density at radius 2 is 1.61 bits per heavy atom. The molecule has 3 aromatic rings. The maximum atomic E-state index is 13.2. The van der Waals surface area contributed by atoms with Gasteiger partial charge in [-0.15, -0.1) is 0 Å². The number of carbonyl (C=O) groups is 2. The van der Waals surface area contributed by atoms with Crippen LogP contribution in [0, 0.1) is 0 Å². The van der Waals surface area contributed by atoms with Gasteiger partial charge in [0.1, 0.15) is 0 Å². The molecule has 1 heterocycles. The van der Waals surface area contributed by atoms with Crippen molar-refractivity contribution in [3.8, 4) is 0 Å². The summed E-state index contributed by atoms with van der Waals surface area (Å²) in [4.78, 5) is 26.2. The van der Waals surface area contributed by atoms with E-state index in [1.165, 1.54) is 33.5 Å². The van der Waals surface area contributed by atoms with Gasteiger partial charge in [0.25, 0.3) is 15.9 Å². The zero-order chi connectivity index (χ0) is 23.4. The highest BCUT2D eigenvalue weighted by Crippen LogP contribution is 2.31. The second-order valence-corrected chi connectivity index (χ2v) is 9.56. The molecule has 3 aromatic carbocycles. The molecule has 0 saturated carbocycles. The highest BCUT2D eigenvalue weighted by atomic mass is 32.2. The van der Waals surface area contributed by atoms with Crippen molar-refractivity contribution in [3.63, 3.8) is 0 Å². The first-order valence-electron chi connectivity index (χ1n) is 10.6. The molecular weight excluding hydrogens is 440 g/mol. The summed E-state index contributed by atoms with van der Waals surface area (Å²) in [7, 11) is -2.16. The van der Waals surface area contributed by atoms with E-state index in [0.29, 0.717) is 17.9 Å². The van der Waals surface area contributed by atoms with Crippen LogP contribution in [-0.4, -0.2) is 40.5 Å². The van der Waals surface area contributed by atoms with Gasteiger partial charge < -0.3 is 9.64 Å². The molecule has 1 aliphatic heterocycles. The molecular formula is C25H24N2O5S. The molecule has 0 fully saturated rings. The van der Waals surface area contributed by atoms with E-state index in [2.05, 4.69) is 0 Å². The topological polar surface area (TPSA) is 84.0 Å². The van der Waals surface area contributed by atoms with Crippen LogP contribution in [0.2, 0.25) is 0 Å². The second kappa shape index (κ2) is 9.46. The predicted molar refractivity (Wildman–Crippen MR) is 126 cm³/mol. The van der Waals surface area contributed by atoms with Crippen LogP contribution in [-0.2, 0) is 26.0 Å². The van der Waals surface area contributed by atoms with Crippen LogP contribution in [0.15, 0.2) is 83.8 Å². The largest absolute Gasteiger partial charge is 0.452 e. The Bertz CT molecular complexity index is 1260. The monoisotopic (exact) mass is 464 g/mol. The number of anilines is 2. The van der Waals surface area contributed by atoms with Crippen LogP contribution in [0.3, 0.4) is 0 Å². The van der Waals surface area contributed by atoms with Crippen LogP contribution < -0.4 is 9.21 Å². The summed E-state index contributed by atoms with van der Waals surface area (Å²) in [5.74, 6) is -1.07. The number of esters is 1. The van der Waals surface area contributed by atoms with Crippen molar-refractivity contribution in [2.24, 2.45) is 0 Å². The van der Waals surface area contributed by atoms with E-state index >= 15 is 0 Å². The van der Waals surface area contributed by atoms with E-state index in [4.69, 9.17) is 4.74 Å². The fourth-order valence-electron chi connectivity index (χ4n) is 3.74. The van der Waals surface area contributed by atoms with Crippen molar-refractivity contribution in [3.05, 3.63) is 90.0 Å². The lowest BCUT2D eigenvalue weighted by Gasteiger charge is -2.30. The first kappa shape index (κ1) is 22.5. The van der Waals surface area contributed by atoms with E-state index in [1.54, 1.807) is 25.2 Å². The molecule has 0 N–H and O–H groups in total. The Kier molecular flexibility index (Phi) is 6.46. The summed E-state index contributed by atoms with van der Waals surface area (Å²) in [5.41, 5.74) is 2.54. The van der Waals surface area contributed by atoms with Crippen molar-refractivity contribution in [2.75, 3.05) is 29.4 Å². The maximum absolute atomic E-state index is 13.2. The van der Waals surface area contributed by atoms with Crippen molar-refractivity contribution in [1.29, 1.82) is 0 Å². The third-order valence-electron chi connectivity index (χ3n) is 5.59. The zero-order valence-electron chi connectivity index (χ0n) is 18.2. The molecule has 0 saturated heterocycles. The number of carbonyl (C=O) groups excluding carboxylic acids is 2. The fraction of sp³-hybridized carbons (Fsp3) is 0.200. The quantitative estimate of drug-likeness (QED) is 0.520. The Balaban J connectivity index is 1.43.